The van der Waals surface area contributed by atoms with Crippen LogP contribution in [0.2, 0.25) is 5.02 Å². The van der Waals surface area contributed by atoms with Crippen molar-refractivity contribution in [3.63, 3.8) is 0 Å². The number of ether oxygens (including phenoxy) is 1. The number of halogens is 1. The molecular weight excluding hydrogens is 278 g/mol. The lowest BCUT2D eigenvalue weighted by Crippen LogP contribution is -2.13. The van der Waals surface area contributed by atoms with E-state index in [1.54, 1.807) is 25.4 Å². The fourth-order valence-corrected chi connectivity index (χ4v) is 1.83. The molecule has 2 rings (SSSR count). The molecule has 0 radical (unpaired) electrons. The summed E-state index contributed by atoms with van der Waals surface area (Å²) < 4.78 is 5.11. The van der Waals surface area contributed by atoms with Crippen LogP contribution in [0.15, 0.2) is 24.4 Å². The van der Waals surface area contributed by atoms with Gasteiger partial charge in [-0.1, -0.05) is 11.6 Å². The van der Waals surface area contributed by atoms with Gasteiger partial charge in [-0.3, -0.25) is 0 Å². The van der Waals surface area contributed by atoms with Crippen LogP contribution in [0.5, 0.6) is 5.75 Å². The molecule has 0 amide bonds. The van der Waals surface area contributed by atoms with Crippen molar-refractivity contribution in [1.82, 2.24) is 15.2 Å². The van der Waals surface area contributed by atoms with E-state index in [4.69, 9.17) is 16.3 Å². The highest BCUT2D eigenvalue weighted by Crippen LogP contribution is 2.28. The van der Waals surface area contributed by atoms with Crippen molar-refractivity contribution >= 4 is 29.1 Å². The Morgan fingerprint density at radius 1 is 1.30 bits per heavy atom. The summed E-state index contributed by atoms with van der Waals surface area (Å²) in [5.41, 5.74) is 0.798. The maximum atomic E-state index is 6.07. The average molecular weight is 294 g/mol. The Morgan fingerprint density at radius 3 is 2.75 bits per heavy atom. The molecule has 0 unspecified atom stereocenters. The van der Waals surface area contributed by atoms with Gasteiger partial charge in [0.1, 0.15) is 5.75 Å². The lowest BCUT2D eigenvalue weighted by Gasteiger charge is -2.10. The minimum absolute atomic E-state index is 0.238. The second-order valence-corrected chi connectivity index (χ2v) is 4.85. The van der Waals surface area contributed by atoms with Crippen LogP contribution in [0.25, 0.3) is 0 Å². The van der Waals surface area contributed by atoms with E-state index in [2.05, 4.69) is 25.8 Å². The van der Waals surface area contributed by atoms with E-state index in [0.717, 1.165) is 5.69 Å². The first-order valence-corrected chi connectivity index (χ1v) is 6.53. The Balaban J connectivity index is 2.15. The second-order valence-electron chi connectivity index (χ2n) is 4.44. The third-order valence-corrected chi connectivity index (χ3v) is 2.70. The number of aromatic nitrogens is 3. The molecule has 0 aliphatic carbocycles. The van der Waals surface area contributed by atoms with Gasteiger partial charge < -0.3 is 15.4 Å². The van der Waals surface area contributed by atoms with E-state index in [-0.39, 0.29) is 6.04 Å². The van der Waals surface area contributed by atoms with Crippen molar-refractivity contribution in [3.8, 4) is 5.75 Å². The first-order valence-electron chi connectivity index (χ1n) is 6.15. The van der Waals surface area contributed by atoms with Gasteiger partial charge in [-0.15, -0.1) is 5.10 Å². The number of rotatable bonds is 5. The minimum atomic E-state index is 0.238. The number of anilines is 3. The molecule has 0 saturated heterocycles. The molecule has 0 bridgehead atoms. The van der Waals surface area contributed by atoms with Crippen molar-refractivity contribution in [2.75, 3.05) is 17.7 Å². The normalized spacial score (nSPS) is 10.4. The third kappa shape index (κ3) is 3.71. The smallest absolute Gasteiger partial charge is 0.244 e. The fourth-order valence-electron chi connectivity index (χ4n) is 1.58. The average Bonchev–Trinajstić information content (AvgIpc) is 2.38. The monoisotopic (exact) mass is 293 g/mol. The molecule has 0 aliphatic rings. The molecule has 0 aliphatic heterocycles. The Hall–Kier alpha value is -2.08. The Morgan fingerprint density at radius 2 is 2.10 bits per heavy atom. The molecule has 2 aromatic rings. The Labute approximate surface area is 122 Å². The van der Waals surface area contributed by atoms with Gasteiger partial charge in [-0.25, -0.2) is 0 Å². The summed E-state index contributed by atoms with van der Waals surface area (Å²) in [4.78, 5) is 4.31. The SMILES string of the molecule is COc1ccc(Nc2cnnc(NC(C)C)n2)cc1Cl. The first-order chi connectivity index (χ1) is 9.58. The minimum Gasteiger partial charge on any atom is -0.495 e. The first kappa shape index (κ1) is 14.3. The van der Waals surface area contributed by atoms with Gasteiger partial charge in [-0.05, 0) is 32.0 Å². The number of hydrogen-bond acceptors (Lipinski definition) is 6. The standard InChI is InChI=1S/C13H16ClN5O/c1-8(2)16-13-18-12(7-15-19-13)17-9-4-5-11(20-3)10(14)6-9/h4-8H,1-3H3,(H2,16,17,18,19). The third-order valence-electron chi connectivity index (χ3n) is 2.40. The summed E-state index contributed by atoms with van der Waals surface area (Å²) in [6, 6.07) is 5.63. The van der Waals surface area contributed by atoms with Gasteiger partial charge in [0.2, 0.25) is 5.95 Å². The van der Waals surface area contributed by atoms with Crippen LogP contribution in [0.4, 0.5) is 17.5 Å². The number of nitrogens with zero attached hydrogens (tertiary/aromatic N) is 3. The number of benzene rings is 1. The molecule has 0 saturated carbocycles. The Kier molecular flexibility index (Phi) is 4.57. The van der Waals surface area contributed by atoms with E-state index in [1.165, 1.54) is 0 Å². The van der Waals surface area contributed by atoms with Crippen molar-refractivity contribution in [3.05, 3.63) is 29.4 Å². The molecule has 20 heavy (non-hydrogen) atoms. The van der Waals surface area contributed by atoms with Crippen LogP contribution >= 0.6 is 11.6 Å². The highest BCUT2D eigenvalue weighted by Gasteiger charge is 2.05. The summed E-state index contributed by atoms with van der Waals surface area (Å²) in [5.74, 6) is 1.69. The fraction of sp³-hybridized carbons (Fsp3) is 0.308. The highest BCUT2D eigenvalue weighted by molar-refractivity contribution is 6.32. The molecule has 7 heteroatoms. The van der Waals surface area contributed by atoms with E-state index in [9.17, 15) is 0 Å². The largest absolute Gasteiger partial charge is 0.495 e. The summed E-state index contributed by atoms with van der Waals surface area (Å²) in [6.45, 7) is 4.01. The number of methoxy groups -OCH3 is 1. The van der Waals surface area contributed by atoms with Crippen LogP contribution in [-0.2, 0) is 0 Å². The summed E-state index contributed by atoms with van der Waals surface area (Å²) in [7, 11) is 1.58. The van der Waals surface area contributed by atoms with Gasteiger partial charge >= 0.3 is 0 Å². The van der Waals surface area contributed by atoms with Crippen LogP contribution < -0.4 is 15.4 Å². The molecule has 6 nitrogen and oxygen atoms in total. The zero-order valence-corrected chi connectivity index (χ0v) is 12.3. The second kappa shape index (κ2) is 6.38. The predicted molar refractivity (Wildman–Crippen MR) is 79.9 cm³/mol. The molecule has 0 fully saturated rings. The molecule has 106 valence electrons. The van der Waals surface area contributed by atoms with Crippen molar-refractivity contribution in [1.29, 1.82) is 0 Å². The molecule has 2 N–H and O–H groups in total. The quantitative estimate of drug-likeness (QED) is 0.882. The summed E-state index contributed by atoms with van der Waals surface area (Å²) in [6.07, 6.45) is 1.55. The van der Waals surface area contributed by atoms with Gasteiger partial charge in [0.25, 0.3) is 0 Å². The molecular formula is C13H16ClN5O. The van der Waals surface area contributed by atoms with Crippen molar-refractivity contribution < 1.29 is 4.74 Å². The molecule has 1 aromatic heterocycles. The van der Waals surface area contributed by atoms with E-state index in [1.807, 2.05) is 19.9 Å². The number of nitrogens with one attached hydrogen (secondary N) is 2. The molecule has 1 heterocycles. The highest BCUT2D eigenvalue weighted by atomic mass is 35.5. The summed E-state index contributed by atoms with van der Waals surface area (Å²) >= 11 is 6.07. The van der Waals surface area contributed by atoms with Crippen LogP contribution in [-0.4, -0.2) is 28.3 Å². The Bertz CT molecular complexity index is 591. The van der Waals surface area contributed by atoms with E-state index < -0.39 is 0 Å². The van der Waals surface area contributed by atoms with Gasteiger partial charge in [0.15, 0.2) is 5.82 Å². The van der Waals surface area contributed by atoms with E-state index in [0.29, 0.717) is 22.5 Å². The van der Waals surface area contributed by atoms with Crippen LogP contribution in [0, 0.1) is 0 Å². The maximum absolute atomic E-state index is 6.07. The lowest BCUT2D eigenvalue weighted by atomic mass is 10.3. The zero-order chi connectivity index (χ0) is 14.5. The van der Waals surface area contributed by atoms with Gasteiger partial charge in [0.05, 0.1) is 18.3 Å². The molecule has 0 atom stereocenters. The lowest BCUT2D eigenvalue weighted by molar-refractivity contribution is 0.415. The van der Waals surface area contributed by atoms with Crippen molar-refractivity contribution in [2.45, 2.75) is 19.9 Å². The van der Waals surface area contributed by atoms with E-state index >= 15 is 0 Å². The molecule has 1 aromatic carbocycles. The van der Waals surface area contributed by atoms with Gasteiger partial charge in [0, 0.05) is 11.7 Å². The molecule has 0 spiro atoms. The van der Waals surface area contributed by atoms with Crippen molar-refractivity contribution in [2.24, 2.45) is 0 Å². The maximum Gasteiger partial charge on any atom is 0.244 e. The van der Waals surface area contributed by atoms with Gasteiger partial charge in [-0.2, -0.15) is 10.1 Å². The summed E-state index contributed by atoms with van der Waals surface area (Å²) in [5, 5.41) is 14.5. The predicted octanol–water partition coefficient (Wildman–Crippen LogP) is 3.10. The van der Waals surface area contributed by atoms with Crippen LogP contribution in [0.1, 0.15) is 13.8 Å². The number of hydrogen-bond donors (Lipinski definition) is 2. The zero-order valence-electron chi connectivity index (χ0n) is 11.5. The topological polar surface area (TPSA) is 72.0 Å². The van der Waals surface area contributed by atoms with Crippen LogP contribution in [0.3, 0.4) is 0 Å².